The summed E-state index contributed by atoms with van der Waals surface area (Å²) >= 11 is 1.55. The maximum Gasteiger partial charge on any atom is 0.348 e. The molecule has 0 saturated carbocycles. The van der Waals surface area contributed by atoms with Crippen molar-refractivity contribution in [2.24, 2.45) is 0 Å². The van der Waals surface area contributed by atoms with E-state index in [-0.39, 0.29) is 0 Å². The van der Waals surface area contributed by atoms with Gasteiger partial charge in [0.25, 0.3) is 6.43 Å². The molecule has 4 nitrogen and oxygen atoms in total. The third-order valence-corrected chi connectivity index (χ3v) is 4.33. The number of thioether (sulfide) groups is 1. The molecule has 0 spiro atoms. The highest BCUT2D eigenvalue weighted by molar-refractivity contribution is 7.99. The lowest BCUT2D eigenvalue weighted by Crippen LogP contribution is -2.35. The van der Waals surface area contributed by atoms with E-state index < -0.39 is 24.1 Å². The van der Waals surface area contributed by atoms with Gasteiger partial charge in [0.1, 0.15) is 5.69 Å². The molecule has 0 N–H and O–H groups in total. The van der Waals surface area contributed by atoms with Crippen LogP contribution in [0.2, 0.25) is 0 Å². The van der Waals surface area contributed by atoms with Gasteiger partial charge >= 0.3 is 5.69 Å². The van der Waals surface area contributed by atoms with Gasteiger partial charge in [-0.3, -0.25) is 9.55 Å². The molecular weight excluding hydrogens is 346 g/mol. The summed E-state index contributed by atoms with van der Waals surface area (Å²) in [7, 11) is 1.44. The van der Waals surface area contributed by atoms with Crippen molar-refractivity contribution in [1.29, 1.82) is 0 Å². The highest BCUT2D eigenvalue weighted by atomic mass is 32.2. The van der Waals surface area contributed by atoms with Gasteiger partial charge in [-0.1, -0.05) is 16.2 Å². The summed E-state index contributed by atoms with van der Waals surface area (Å²) in [5.74, 6) is 0.821. The second-order valence-corrected chi connectivity index (χ2v) is 7.00. The van der Waals surface area contributed by atoms with Crippen LogP contribution in [0.15, 0.2) is 40.3 Å². The quantitative estimate of drug-likeness (QED) is 0.586. The summed E-state index contributed by atoms with van der Waals surface area (Å²) in [4.78, 5) is 20.9. The largest absolute Gasteiger partial charge is 0.348 e. The lowest BCUT2D eigenvalue weighted by atomic mass is 10.2. The summed E-state index contributed by atoms with van der Waals surface area (Å²) in [6, 6.07) is 5.10. The zero-order valence-corrected chi connectivity index (χ0v) is 14.2. The van der Waals surface area contributed by atoms with Crippen LogP contribution in [0.25, 0.3) is 11.4 Å². The van der Waals surface area contributed by atoms with E-state index in [0.29, 0.717) is 11.4 Å². The fraction of sp³-hybridized carbons (Fsp3) is 0.357. The van der Waals surface area contributed by atoms with E-state index in [4.69, 9.17) is 0 Å². The van der Waals surface area contributed by atoms with E-state index in [9.17, 15) is 18.0 Å². The average molecular weight is 361 g/mol. The average Bonchev–Trinajstić information content (AvgIpc) is 2.50. The molecule has 2 unspecified atom stereocenters. The third-order valence-electron chi connectivity index (χ3n) is 2.96. The van der Waals surface area contributed by atoms with Gasteiger partial charge in [0, 0.05) is 17.3 Å². The number of rotatable bonds is 6. The Labute approximate surface area is 137 Å². The van der Waals surface area contributed by atoms with Crippen molar-refractivity contribution in [2.75, 3.05) is 5.75 Å². The Morgan fingerprint density at radius 2 is 2.17 bits per heavy atom. The summed E-state index contributed by atoms with van der Waals surface area (Å²) in [6.07, 6.45) is -0.392. The Bertz CT molecular complexity index is 739. The smallest absolute Gasteiger partial charge is 0.295 e. The molecule has 124 valence electrons. The summed E-state index contributed by atoms with van der Waals surface area (Å²) in [5, 5.41) is -2.87. The maximum absolute atomic E-state index is 13.7. The molecule has 0 radical (unpaired) electrons. The van der Waals surface area contributed by atoms with Crippen molar-refractivity contribution >= 4 is 21.0 Å². The molecule has 0 aliphatic heterocycles. The topological polar surface area (TPSA) is 47.8 Å². The van der Waals surface area contributed by atoms with E-state index in [2.05, 4.69) is 9.97 Å². The first kappa shape index (κ1) is 17.9. The highest BCUT2D eigenvalue weighted by Crippen LogP contribution is 2.30. The van der Waals surface area contributed by atoms with Gasteiger partial charge in [0.15, 0.2) is 0 Å². The van der Waals surface area contributed by atoms with E-state index >= 15 is 0 Å². The highest BCUT2D eigenvalue weighted by Gasteiger charge is 2.36. The van der Waals surface area contributed by atoms with Crippen LogP contribution in [0.4, 0.5) is 13.2 Å². The van der Waals surface area contributed by atoms with E-state index in [1.165, 1.54) is 21.5 Å². The molecule has 0 aromatic carbocycles. The van der Waals surface area contributed by atoms with E-state index in [1.807, 2.05) is 13.0 Å². The first-order valence-electron chi connectivity index (χ1n) is 6.76. The van der Waals surface area contributed by atoms with Crippen LogP contribution in [0, 0.1) is 0 Å². The number of halogens is 3. The van der Waals surface area contributed by atoms with Gasteiger partial charge in [-0.25, -0.2) is 18.0 Å². The Morgan fingerprint density at radius 3 is 2.78 bits per heavy atom. The van der Waals surface area contributed by atoms with E-state index in [0.717, 1.165) is 15.2 Å². The minimum atomic E-state index is -3.22. The molecule has 9 heteroatoms. The van der Waals surface area contributed by atoms with Crippen molar-refractivity contribution < 1.29 is 13.2 Å². The zero-order valence-electron chi connectivity index (χ0n) is 12.2. The second kappa shape index (κ2) is 7.45. The Morgan fingerprint density at radius 1 is 1.43 bits per heavy atom. The first-order chi connectivity index (χ1) is 10.8. The van der Waals surface area contributed by atoms with Gasteiger partial charge in [0.05, 0.1) is 12.2 Å². The van der Waals surface area contributed by atoms with Gasteiger partial charge in [-0.15, -0.1) is 11.8 Å². The fourth-order valence-corrected chi connectivity index (χ4v) is 2.84. The van der Waals surface area contributed by atoms with Crippen LogP contribution in [-0.2, 0) is 6.54 Å². The molecule has 0 aliphatic carbocycles. The van der Waals surface area contributed by atoms with Gasteiger partial charge < -0.3 is 0 Å². The number of alkyl halides is 3. The number of aromatic nitrogens is 3. The van der Waals surface area contributed by atoms with Crippen molar-refractivity contribution in [3.63, 3.8) is 0 Å². The molecule has 2 aromatic heterocycles. The van der Waals surface area contributed by atoms with Gasteiger partial charge in [-0.05, 0) is 24.0 Å². The molecule has 23 heavy (non-hydrogen) atoms. The van der Waals surface area contributed by atoms with Crippen LogP contribution in [-0.4, -0.2) is 32.1 Å². The van der Waals surface area contributed by atoms with E-state index in [1.54, 1.807) is 24.0 Å². The maximum atomic E-state index is 13.7. The number of hydrogen-bond donors (Lipinski definition) is 0. The molecule has 0 bridgehead atoms. The van der Waals surface area contributed by atoms with Crippen molar-refractivity contribution in [1.82, 2.24) is 14.5 Å². The molecular formula is C14H15F3N3OPS. The van der Waals surface area contributed by atoms with Crippen LogP contribution in [0.1, 0.15) is 6.92 Å². The third kappa shape index (κ3) is 4.32. The molecule has 0 amide bonds. The molecule has 0 aliphatic rings. The molecule has 2 heterocycles. The molecule has 0 saturated heterocycles. The van der Waals surface area contributed by atoms with Gasteiger partial charge in [-0.2, -0.15) is 4.98 Å². The van der Waals surface area contributed by atoms with Crippen LogP contribution in [0.5, 0.6) is 0 Å². The summed E-state index contributed by atoms with van der Waals surface area (Å²) in [5.41, 5.74) is 0.0635. The van der Waals surface area contributed by atoms with Crippen molar-refractivity contribution in [3.8, 4) is 11.4 Å². The number of hydrogen-bond acceptors (Lipinski definition) is 4. The predicted octanol–water partition coefficient (Wildman–Crippen LogP) is 3.22. The van der Waals surface area contributed by atoms with Crippen LogP contribution < -0.4 is 5.69 Å². The van der Waals surface area contributed by atoms with Gasteiger partial charge in [0.2, 0.25) is 5.41 Å². The molecule has 2 rings (SSSR count). The lowest BCUT2D eigenvalue weighted by molar-refractivity contribution is 0.0157. The van der Waals surface area contributed by atoms with Crippen molar-refractivity contribution in [3.05, 3.63) is 41.1 Å². The normalized spacial score (nSPS) is 14.0. The zero-order chi connectivity index (χ0) is 17.0. The number of pyridine rings is 1. The minimum Gasteiger partial charge on any atom is -0.295 e. The summed E-state index contributed by atoms with van der Waals surface area (Å²) in [6.45, 7) is 1.19. The monoisotopic (exact) mass is 361 g/mol. The SMILES string of the molecule is CCSc1cccnc1-c1ccn(CC(F)(P)C(F)F)c(=O)n1. The Hall–Kier alpha value is -1.40. The summed E-state index contributed by atoms with van der Waals surface area (Å²) < 4.78 is 39.6. The van der Waals surface area contributed by atoms with Crippen LogP contribution in [0.3, 0.4) is 0 Å². The standard InChI is InChI=1S/C14H15F3N3OPS/c1-2-23-10-4-3-6-18-11(10)9-5-7-20(13(21)19-9)8-14(17,22)12(15)16/h3-7,12H,2,8,22H2,1H3. The molecule has 0 fully saturated rings. The Balaban J connectivity index is 2.35. The molecule has 2 aromatic rings. The lowest BCUT2D eigenvalue weighted by Gasteiger charge is -2.19. The fourth-order valence-electron chi connectivity index (χ4n) is 1.87. The minimum absolute atomic E-state index is 0.327. The Kier molecular flexibility index (Phi) is 5.81. The second-order valence-electron chi connectivity index (χ2n) is 4.73. The molecule has 2 atom stereocenters. The number of nitrogens with zero attached hydrogens (tertiary/aromatic N) is 3. The van der Waals surface area contributed by atoms with Crippen molar-refractivity contribution in [2.45, 2.75) is 30.2 Å². The predicted molar refractivity (Wildman–Crippen MR) is 87.7 cm³/mol. The van der Waals surface area contributed by atoms with Crippen LogP contribution >= 0.6 is 21.0 Å². The first-order valence-corrected chi connectivity index (χ1v) is 8.33.